The van der Waals surface area contributed by atoms with Crippen molar-refractivity contribution >= 4 is 92.3 Å². The third-order valence-electron chi connectivity index (χ3n) is 14.1. The van der Waals surface area contributed by atoms with Crippen molar-refractivity contribution in [1.82, 2.24) is 4.57 Å². The Morgan fingerprint density at radius 3 is 1.56 bits per heavy atom. The normalized spacial score (nSPS) is 11.7. The molecule has 3 aromatic heterocycles. The smallest absolute Gasteiger partial charge is 0.145 e. The van der Waals surface area contributed by atoms with E-state index >= 15 is 0 Å². The maximum Gasteiger partial charge on any atom is 0.145 e. The number of thiophene rings is 1. The summed E-state index contributed by atoms with van der Waals surface area (Å²) in [5, 5.41) is 7.19. The van der Waals surface area contributed by atoms with E-state index in [-0.39, 0.29) is 0 Å². The van der Waals surface area contributed by atoms with Crippen LogP contribution in [0.4, 0.5) is 17.1 Å². The van der Waals surface area contributed by atoms with Crippen LogP contribution in [-0.2, 0) is 0 Å². The van der Waals surface area contributed by atoms with Gasteiger partial charge in [0.1, 0.15) is 11.2 Å². The van der Waals surface area contributed by atoms with Crippen LogP contribution < -0.4 is 4.90 Å². The summed E-state index contributed by atoms with van der Waals surface area (Å²) < 4.78 is 12.1. The van der Waals surface area contributed by atoms with Crippen LogP contribution in [0.15, 0.2) is 259 Å². The van der Waals surface area contributed by atoms with Crippen molar-refractivity contribution < 1.29 is 4.42 Å². The minimum atomic E-state index is 0.847. The first-order valence-corrected chi connectivity index (χ1v) is 24.6. The van der Waals surface area contributed by atoms with Crippen LogP contribution >= 0.6 is 11.3 Å². The zero-order valence-electron chi connectivity index (χ0n) is 38.0. The van der Waals surface area contributed by atoms with Gasteiger partial charge in [0.25, 0.3) is 0 Å². The van der Waals surface area contributed by atoms with Gasteiger partial charge in [0.15, 0.2) is 0 Å². The summed E-state index contributed by atoms with van der Waals surface area (Å²) in [6, 6.07) is 92.2. The van der Waals surface area contributed by atoms with E-state index in [1.807, 2.05) is 11.3 Å². The number of rotatable bonds is 8. The predicted octanol–water partition coefficient (Wildman–Crippen LogP) is 19.2. The van der Waals surface area contributed by atoms with Crippen LogP contribution in [0, 0.1) is 0 Å². The van der Waals surface area contributed by atoms with Gasteiger partial charge in [-0.3, -0.25) is 0 Å². The van der Waals surface area contributed by atoms with Gasteiger partial charge in [-0.1, -0.05) is 188 Å². The van der Waals surface area contributed by atoms with Crippen LogP contribution in [0.1, 0.15) is 0 Å². The van der Waals surface area contributed by atoms with E-state index in [0.717, 1.165) is 61.4 Å². The summed E-state index contributed by atoms with van der Waals surface area (Å²) in [5.74, 6) is 0. The lowest BCUT2D eigenvalue weighted by Crippen LogP contribution is -2.10. The van der Waals surface area contributed by atoms with E-state index in [1.54, 1.807) is 0 Å². The number of hydrogen-bond donors (Lipinski definition) is 0. The molecule has 0 atom stereocenters. The summed E-state index contributed by atoms with van der Waals surface area (Å²) >= 11 is 1.87. The zero-order chi connectivity index (χ0) is 46.1. The standard InChI is InChI=1S/C66H42N2OS/c1-2-15-43(16-3-1)44-29-31-45(32-30-44)46-33-37-48(38-34-46)67(49-39-35-47(36-40-49)50-22-14-23-56-54-20-8-13-28-63(54)70-66(50)56)61-42-41-55(65-64(61)57-21-7-12-27-62(57)69-65)53-19-6-11-26-60(53)68-58-24-9-4-17-51(58)52-18-5-10-25-59(52)68/h1-42H. The molecule has 0 bridgehead atoms. The van der Waals surface area contributed by atoms with Crippen LogP contribution in [-0.4, -0.2) is 4.57 Å². The van der Waals surface area contributed by atoms with E-state index in [0.29, 0.717) is 0 Å². The highest BCUT2D eigenvalue weighted by Gasteiger charge is 2.25. The average molecular weight is 911 g/mol. The van der Waals surface area contributed by atoms with E-state index in [1.165, 1.54) is 69.8 Å². The van der Waals surface area contributed by atoms with E-state index in [4.69, 9.17) is 4.42 Å². The second-order valence-corrected chi connectivity index (χ2v) is 19.0. The number of anilines is 3. The van der Waals surface area contributed by atoms with Crippen molar-refractivity contribution in [2.75, 3.05) is 4.90 Å². The Kier molecular flexibility index (Phi) is 9.39. The topological polar surface area (TPSA) is 21.3 Å². The molecule has 11 aromatic carbocycles. The van der Waals surface area contributed by atoms with E-state index in [2.05, 4.69) is 264 Å². The van der Waals surface area contributed by atoms with Crippen molar-refractivity contribution in [1.29, 1.82) is 0 Å². The molecular weight excluding hydrogens is 869 g/mol. The molecule has 14 rings (SSSR count). The summed E-state index contributed by atoms with van der Waals surface area (Å²) in [5.41, 5.74) is 17.6. The SMILES string of the molecule is c1ccc(-c2ccc(-c3ccc(N(c4ccc(-c5cccc6c5sc5ccccc56)cc4)c4ccc(-c5ccccc5-n5c6ccccc6c6ccccc65)c5oc6ccccc6c45)cc3)cc2)cc1. The maximum atomic E-state index is 7.07. The maximum absolute atomic E-state index is 7.07. The first kappa shape index (κ1) is 40.1. The van der Waals surface area contributed by atoms with Gasteiger partial charge < -0.3 is 13.9 Å². The fourth-order valence-electron chi connectivity index (χ4n) is 10.8. The molecule has 0 aliphatic rings. The van der Waals surface area contributed by atoms with E-state index in [9.17, 15) is 0 Å². The van der Waals surface area contributed by atoms with Crippen LogP contribution in [0.25, 0.3) is 114 Å². The van der Waals surface area contributed by atoms with Gasteiger partial charge in [-0.15, -0.1) is 11.3 Å². The van der Waals surface area contributed by atoms with Crippen molar-refractivity contribution in [3.63, 3.8) is 0 Å². The Labute approximate surface area is 409 Å². The number of para-hydroxylation sites is 4. The molecule has 0 amide bonds. The van der Waals surface area contributed by atoms with Gasteiger partial charge in [-0.2, -0.15) is 0 Å². The molecule has 0 aliphatic heterocycles. The van der Waals surface area contributed by atoms with Crippen LogP contribution in [0.2, 0.25) is 0 Å². The Balaban J connectivity index is 0.947. The highest BCUT2D eigenvalue weighted by atomic mass is 32.1. The average Bonchev–Trinajstić information content (AvgIpc) is 4.12. The molecule has 328 valence electrons. The number of nitrogens with zero attached hydrogens (tertiary/aromatic N) is 2. The lowest BCUT2D eigenvalue weighted by atomic mass is 9.97. The summed E-state index contributed by atoms with van der Waals surface area (Å²) in [7, 11) is 0. The monoisotopic (exact) mass is 910 g/mol. The molecule has 4 heteroatoms. The van der Waals surface area contributed by atoms with E-state index < -0.39 is 0 Å². The second kappa shape index (κ2) is 16.4. The molecular formula is C66H42N2OS. The van der Waals surface area contributed by atoms with Gasteiger partial charge in [0.05, 0.1) is 27.8 Å². The first-order valence-electron chi connectivity index (χ1n) is 23.8. The molecule has 0 saturated heterocycles. The molecule has 3 heterocycles. The van der Waals surface area contributed by atoms with Gasteiger partial charge in [0, 0.05) is 58.8 Å². The third kappa shape index (κ3) is 6.49. The first-order chi connectivity index (χ1) is 34.7. The van der Waals surface area contributed by atoms with Gasteiger partial charge >= 0.3 is 0 Å². The molecule has 0 radical (unpaired) electrons. The quantitative estimate of drug-likeness (QED) is 0.151. The van der Waals surface area contributed by atoms with Gasteiger partial charge in [-0.25, -0.2) is 0 Å². The molecule has 3 nitrogen and oxygen atoms in total. The summed E-state index contributed by atoms with van der Waals surface area (Å²) in [4.78, 5) is 2.40. The Morgan fingerprint density at radius 2 is 0.857 bits per heavy atom. The van der Waals surface area contributed by atoms with Gasteiger partial charge in [-0.05, 0) is 100 Å². The fourth-order valence-corrected chi connectivity index (χ4v) is 12.0. The predicted molar refractivity (Wildman–Crippen MR) is 297 cm³/mol. The molecule has 14 aromatic rings. The number of benzene rings is 11. The number of aromatic nitrogens is 1. The Morgan fingerprint density at radius 1 is 0.343 bits per heavy atom. The molecule has 0 unspecified atom stereocenters. The largest absolute Gasteiger partial charge is 0.455 e. The molecule has 0 fully saturated rings. The number of fused-ring (bicyclic) bond motifs is 9. The van der Waals surface area contributed by atoms with Crippen molar-refractivity contribution in [3.05, 3.63) is 255 Å². The summed E-state index contributed by atoms with van der Waals surface area (Å²) in [6.45, 7) is 0. The molecule has 70 heavy (non-hydrogen) atoms. The van der Waals surface area contributed by atoms with Crippen LogP contribution in [0.5, 0.6) is 0 Å². The Hall–Kier alpha value is -8.96. The lowest BCUT2D eigenvalue weighted by molar-refractivity contribution is 0.670. The van der Waals surface area contributed by atoms with Crippen molar-refractivity contribution in [2.24, 2.45) is 0 Å². The molecule has 0 spiro atoms. The summed E-state index contributed by atoms with van der Waals surface area (Å²) in [6.07, 6.45) is 0. The fraction of sp³-hybridized carbons (Fsp3) is 0. The Bertz CT molecular complexity index is 4220. The highest BCUT2D eigenvalue weighted by Crippen LogP contribution is 2.48. The highest BCUT2D eigenvalue weighted by molar-refractivity contribution is 7.26. The zero-order valence-corrected chi connectivity index (χ0v) is 38.8. The molecule has 0 aliphatic carbocycles. The van der Waals surface area contributed by atoms with Crippen LogP contribution in [0.3, 0.4) is 0 Å². The van der Waals surface area contributed by atoms with Crippen molar-refractivity contribution in [2.45, 2.75) is 0 Å². The third-order valence-corrected chi connectivity index (χ3v) is 15.3. The van der Waals surface area contributed by atoms with Crippen molar-refractivity contribution in [3.8, 4) is 50.2 Å². The van der Waals surface area contributed by atoms with Gasteiger partial charge in [0.2, 0.25) is 0 Å². The second-order valence-electron chi connectivity index (χ2n) is 18.0. The minimum Gasteiger partial charge on any atom is -0.455 e. The molecule has 0 N–H and O–H groups in total. The lowest BCUT2D eigenvalue weighted by Gasteiger charge is -2.27. The number of hydrogen-bond acceptors (Lipinski definition) is 3. The number of furan rings is 1. The molecule has 0 saturated carbocycles. The minimum absolute atomic E-state index is 0.847.